The van der Waals surface area contributed by atoms with Crippen LogP contribution in [0.15, 0.2) is 18.6 Å². The number of fused-ring (bicyclic) bond motifs is 1. The minimum Gasteiger partial charge on any atom is -0.465 e. The Kier molecular flexibility index (Phi) is 2.59. The van der Waals surface area contributed by atoms with Gasteiger partial charge >= 0.3 is 6.09 Å². The molecule has 0 unspecified atom stereocenters. The normalized spacial score (nSPS) is 19.6. The molecule has 1 atom stereocenters. The lowest BCUT2D eigenvalue weighted by molar-refractivity contribution is 0.138. The summed E-state index contributed by atoms with van der Waals surface area (Å²) in [5.74, 6) is 0.703. The van der Waals surface area contributed by atoms with Gasteiger partial charge in [0.15, 0.2) is 5.15 Å². The van der Waals surface area contributed by atoms with Gasteiger partial charge in [0.2, 0.25) is 0 Å². The van der Waals surface area contributed by atoms with E-state index in [-0.39, 0.29) is 6.04 Å². The van der Waals surface area contributed by atoms with Gasteiger partial charge in [0.1, 0.15) is 11.3 Å². The van der Waals surface area contributed by atoms with Crippen molar-refractivity contribution < 1.29 is 9.90 Å². The highest BCUT2D eigenvalue weighted by Gasteiger charge is 2.32. The molecule has 1 aliphatic rings. The van der Waals surface area contributed by atoms with Crippen LogP contribution in [0.2, 0.25) is 5.15 Å². The van der Waals surface area contributed by atoms with Crippen molar-refractivity contribution in [1.82, 2.24) is 19.3 Å². The first-order valence-electron chi connectivity index (χ1n) is 5.65. The Balaban J connectivity index is 2.09. The molecule has 0 aliphatic carbocycles. The number of amides is 1. The lowest BCUT2D eigenvalue weighted by Gasteiger charge is -2.20. The highest BCUT2D eigenvalue weighted by atomic mass is 35.5. The minimum atomic E-state index is -0.908. The number of likely N-dealkylation sites (tertiary alicyclic amines) is 1. The summed E-state index contributed by atoms with van der Waals surface area (Å²) in [4.78, 5) is 20.9. The number of imidazole rings is 1. The molecule has 3 rings (SSSR count). The van der Waals surface area contributed by atoms with Crippen LogP contribution in [0.4, 0.5) is 4.79 Å². The molecule has 1 aliphatic heterocycles. The third-order valence-corrected chi connectivity index (χ3v) is 3.53. The molecule has 18 heavy (non-hydrogen) atoms. The van der Waals surface area contributed by atoms with Crippen molar-refractivity contribution in [2.24, 2.45) is 0 Å². The highest BCUT2D eigenvalue weighted by molar-refractivity contribution is 6.32. The fraction of sp³-hybridized carbons (Fsp3) is 0.364. The largest absolute Gasteiger partial charge is 0.465 e. The number of nitrogens with zero attached hydrogens (tertiary/aromatic N) is 4. The van der Waals surface area contributed by atoms with Gasteiger partial charge in [-0.05, 0) is 12.8 Å². The van der Waals surface area contributed by atoms with Gasteiger partial charge in [-0.15, -0.1) is 0 Å². The van der Waals surface area contributed by atoms with Gasteiger partial charge in [-0.1, -0.05) is 11.6 Å². The Morgan fingerprint density at radius 3 is 3.11 bits per heavy atom. The third kappa shape index (κ3) is 1.60. The summed E-state index contributed by atoms with van der Waals surface area (Å²) in [6.45, 7) is 0.549. The van der Waals surface area contributed by atoms with E-state index in [1.165, 1.54) is 4.90 Å². The van der Waals surface area contributed by atoms with Crippen molar-refractivity contribution in [1.29, 1.82) is 0 Å². The lowest BCUT2D eigenvalue weighted by Crippen LogP contribution is -2.29. The van der Waals surface area contributed by atoms with Gasteiger partial charge < -0.3 is 5.11 Å². The maximum Gasteiger partial charge on any atom is 0.407 e. The first kappa shape index (κ1) is 11.3. The smallest absolute Gasteiger partial charge is 0.407 e. The Labute approximate surface area is 108 Å². The summed E-state index contributed by atoms with van der Waals surface area (Å²) in [6.07, 6.45) is 5.69. The van der Waals surface area contributed by atoms with E-state index in [1.54, 1.807) is 23.0 Å². The zero-order valence-corrected chi connectivity index (χ0v) is 10.2. The average Bonchev–Trinajstić information content (AvgIpc) is 2.94. The average molecular weight is 267 g/mol. The molecule has 0 bridgehead atoms. The quantitative estimate of drug-likeness (QED) is 0.859. The molecule has 3 heterocycles. The van der Waals surface area contributed by atoms with Crippen LogP contribution in [0, 0.1) is 0 Å². The molecule has 1 N–H and O–H groups in total. The van der Waals surface area contributed by atoms with Gasteiger partial charge in [-0.3, -0.25) is 9.30 Å². The summed E-state index contributed by atoms with van der Waals surface area (Å²) in [5.41, 5.74) is 0.700. The Morgan fingerprint density at radius 2 is 2.33 bits per heavy atom. The standard InChI is InChI=1S/C11H11ClN4O2/c12-9-8-6-14-10(15(8)5-3-13-9)7-2-1-4-16(7)11(17)18/h3,5-7H,1-2,4H2,(H,17,18)/t7-/m0/s1. The molecule has 2 aromatic rings. The van der Waals surface area contributed by atoms with Gasteiger partial charge in [-0.25, -0.2) is 14.8 Å². The third-order valence-electron chi connectivity index (χ3n) is 3.24. The molecule has 6 nitrogen and oxygen atoms in total. The molecule has 0 aromatic carbocycles. The van der Waals surface area contributed by atoms with Crippen molar-refractivity contribution in [3.05, 3.63) is 29.6 Å². The SMILES string of the molecule is O=C(O)N1CCC[C@H]1c1ncc2c(Cl)nccn12. The number of halogens is 1. The predicted molar refractivity (Wildman–Crippen MR) is 64.7 cm³/mol. The summed E-state index contributed by atoms with van der Waals surface area (Å²) in [7, 11) is 0. The maximum atomic E-state index is 11.2. The first-order chi connectivity index (χ1) is 8.68. The van der Waals surface area contributed by atoms with Crippen molar-refractivity contribution in [2.75, 3.05) is 6.54 Å². The van der Waals surface area contributed by atoms with E-state index in [0.29, 0.717) is 23.0 Å². The van der Waals surface area contributed by atoms with Crippen LogP contribution in [0.25, 0.3) is 5.52 Å². The van der Waals surface area contributed by atoms with E-state index in [2.05, 4.69) is 9.97 Å². The molecule has 1 amide bonds. The van der Waals surface area contributed by atoms with Crippen LogP contribution in [0.1, 0.15) is 24.7 Å². The van der Waals surface area contributed by atoms with E-state index < -0.39 is 6.09 Å². The Bertz CT molecular complexity index is 612. The molecular formula is C11H11ClN4O2. The van der Waals surface area contributed by atoms with E-state index >= 15 is 0 Å². The fourth-order valence-electron chi connectivity index (χ4n) is 2.43. The van der Waals surface area contributed by atoms with Crippen molar-refractivity contribution >= 4 is 23.2 Å². The molecule has 0 spiro atoms. The second kappa shape index (κ2) is 4.13. The number of aromatic nitrogens is 3. The van der Waals surface area contributed by atoms with Crippen LogP contribution in [-0.2, 0) is 0 Å². The zero-order chi connectivity index (χ0) is 12.7. The Morgan fingerprint density at radius 1 is 1.50 bits per heavy atom. The monoisotopic (exact) mass is 266 g/mol. The summed E-state index contributed by atoms with van der Waals surface area (Å²) < 4.78 is 1.81. The topological polar surface area (TPSA) is 70.7 Å². The second-order valence-electron chi connectivity index (χ2n) is 4.22. The Hall–Kier alpha value is -1.82. The van der Waals surface area contributed by atoms with E-state index in [1.807, 2.05) is 0 Å². The van der Waals surface area contributed by atoms with Gasteiger partial charge in [0.05, 0.1) is 12.2 Å². The second-order valence-corrected chi connectivity index (χ2v) is 4.58. The summed E-state index contributed by atoms with van der Waals surface area (Å²) >= 11 is 5.97. The van der Waals surface area contributed by atoms with Crippen LogP contribution < -0.4 is 0 Å². The van der Waals surface area contributed by atoms with Crippen molar-refractivity contribution in [3.63, 3.8) is 0 Å². The maximum absolute atomic E-state index is 11.2. The van der Waals surface area contributed by atoms with E-state index in [0.717, 1.165) is 12.8 Å². The van der Waals surface area contributed by atoms with E-state index in [9.17, 15) is 4.79 Å². The number of carboxylic acid groups (broad SMARTS) is 1. The van der Waals surface area contributed by atoms with Crippen LogP contribution >= 0.6 is 11.6 Å². The predicted octanol–water partition coefficient (Wildman–Crippen LogP) is 2.20. The summed E-state index contributed by atoms with van der Waals surface area (Å²) in [5, 5.41) is 9.53. The number of rotatable bonds is 1. The molecule has 0 saturated carbocycles. The summed E-state index contributed by atoms with van der Waals surface area (Å²) in [6, 6.07) is -0.205. The molecule has 94 valence electrons. The molecule has 7 heteroatoms. The zero-order valence-electron chi connectivity index (χ0n) is 9.45. The molecule has 2 aromatic heterocycles. The highest BCUT2D eigenvalue weighted by Crippen LogP contribution is 2.32. The molecule has 1 fully saturated rings. The number of carbonyl (C=O) groups is 1. The molecule has 0 radical (unpaired) electrons. The van der Waals surface area contributed by atoms with Gasteiger partial charge in [-0.2, -0.15) is 0 Å². The molecular weight excluding hydrogens is 256 g/mol. The lowest BCUT2D eigenvalue weighted by atomic mass is 10.2. The van der Waals surface area contributed by atoms with Crippen LogP contribution in [0.5, 0.6) is 0 Å². The first-order valence-corrected chi connectivity index (χ1v) is 6.03. The molecule has 1 saturated heterocycles. The number of hydrogen-bond acceptors (Lipinski definition) is 3. The van der Waals surface area contributed by atoms with Crippen molar-refractivity contribution in [3.8, 4) is 0 Å². The van der Waals surface area contributed by atoms with Crippen LogP contribution in [-0.4, -0.2) is 37.0 Å². The van der Waals surface area contributed by atoms with E-state index in [4.69, 9.17) is 16.7 Å². The fourth-order valence-corrected chi connectivity index (χ4v) is 2.62. The van der Waals surface area contributed by atoms with Crippen molar-refractivity contribution in [2.45, 2.75) is 18.9 Å². The van der Waals surface area contributed by atoms with Gasteiger partial charge in [0.25, 0.3) is 0 Å². The van der Waals surface area contributed by atoms with Gasteiger partial charge in [0, 0.05) is 18.9 Å². The number of hydrogen-bond donors (Lipinski definition) is 1. The van der Waals surface area contributed by atoms with Crippen LogP contribution in [0.3, 0.4) is 0 Å². The minimum absolute atomic E-state index is 0.205.